The number of methoxy groups -OCH3 is 1. The molecule has 0 bridgehead atoms. The third-order valence-corrected chi connectivity index (χ3v) is 4.88. The molecular formula is C24H35IN2O7. The minimum Gasteiger partial charge on any atom is -0.469 e. The van der Waals surface area contributed by atoms with Gasteiger partial charge in [0.25, 0.3) is 0 Å². The Morgan fingerprint density at radius 2 is 1.56 bits per heavy atom. The highest BCUT2D eigenvalue weighted by Crippen LogP contribution is 2.20. The van der Waals surface area contributed by atoms with Crippen LogP contribution in [0.5, 0.6) is 0 Å². The van der Waals surface area contributed by atoms with Crippen LogP contribution in [0.25, 0.3) is 0 Å². The van der Waals surface area contributed by atoms with E-state index < -0.39 is 47.2 Å². The van der Waals surface area contributed by atoms with Crippen molar-refractivity contribution in [2.45, 2.75) is 84.1 Å². The third-order valence-electron chi connectivity index (χ3n) is 4.21. The Morgan fingerprint density at radius 3 is 2.09 bits per heavy atom. The van der Waals surface area contributed by atoms with Gasteiger partial charge in [0, 0.05) is 9.99 Å². The van der Waals surface area contributed by atoms with Gasteiger partial charge >= 0.3 is 23.9 Å². The van der Waals surface area contributed by atoms with Gasteiger partial charge in [-0.2, -0.15) is 0 Å². The van der Waals surface area contributed by atoms with Crippen LogP contribution in [0, 0.1) is 3.57 Å². The second kappa shape index (κ2) is 12.9. The number of nitrogens with one attached hydrogen (secondary N) is 2. The van der Waals surface area contributed by atoms with Crippen molar-refractivity contribution in [1.82, 2.24) is 10.6 Å². The van der Waals surface area contributed by atoms with E-state index in [1.165, 1.54) is 7.11 Å². The molecule has 0 fully saturated rings. The second-order valence-electron chi connectivity index (χ2n) is 9.72. The summed E-state index contributed by atoms with van der Waals surface area (Å²) in [5.41, 5.74) is -0.749. The standard InChI is InChI=1S/C24H35IN2O7/c1-23(2,3)33-19(28)12-11-17(21(30)34-24(4,5)6)26-22(31)27-18(14-20(29)32-7)15-9-8-10-16(25)13-15/h8-10,13,17-18H,11-12,14H2,1-7H3,(H2,26,27,31)/t17-,18-/m0/s1. The molecule has 0 aliphatic carbocycles. The van der Waals surface area contributed by atoms with E-state index in [1.807, 2.05) is 18.2 Å². The number of hydrogen-bond acceptors (Lipinski definition) is 7. The zero-order chi connectivity index (χ0) is 26.1. The topological polar surface area (TPSA) is 120 Å². The highest BCUT2D eigenvalue weighted by molar-refractivity contribution is 14.1. The van der Waals surface area contributed by atoms with Crippen LogP contribution in [0.2, 0.25) is 0 Å². The van der Waals surface area contributed by atoms with Crippen molar-refractivity contribution in [2.75, 3.05) is 7.11 Å². The van der Waals surface area contributed by atoms with Gasteiger partial charge in [0.1, 0.15) is 17.2 Å². The van der Waals surface area contributed by atoms with Crippen molar-refractivity contribution in [3.05, 3.63) is 33.4 Å². The molecule has 0 spiro atoms. The van der Waals surface area contributed by atoms with E-state index in [0.29, 0.717) is 5.56 Å². The Kier molecular flexibility index (Phi) is 11.3. The van der Waals surface area contributed by atoms with E-state index in [0.717, 1.165) is 3.57 Å². The Balaban J connectivity index is 2.99. The van der Waals surface area contributed by atoms with Gasteiger partial charge in [-0.05, 0) is 88.3 Å². The monoisotopic (exact) mass is 590 g/mol. The minimum absolute atomic E-state index is 0.0118. The maximum Gasteiger partial charge on any atom is 0.329 e. The van der Waals surface area contributed by atoms with Crippen LogP contribution in [0.3, 0.4) is 0 Å². The maximum absolute atomic E-state index is 12.8. The molecule has 9 nitrogen and oxygen atoms in total. The number of carbonyl (C=O) groups is 4. The van der Waals surface area contributed by atoms with Gasteiger partial charge in [0.2, 0.25) is 0 Å². The summed E-state index contributed by atoms with van der Waals surface area (Å²) < 4.78 is 16.4. The molecule has 0 aromatic heterocycles. The average molecular weight is 590 g/mol. The van der Waals surface area contributed by atoms with Crippen molar-refractivity contribution in [1.29, 1.82) is 0 Å². The maximum atomic E-state index is 12.8. The molecule has 2 amide bonds. The van der Waals surface area contributed by atoms with Crippen LogP contribution in [-0.4, -0.2) is 48.3 Å². The Labute approximate surface area is 214 Å². The fraction of sp³-hybridized carbons (Fsp3) is 0.583. The van der Waals surface area contributed by atoms with Crippen molar-refractivity contribution in [3.63, 3.8) is 0 Å². The number of carbonyl (C=O) groups excluding carboxylic acids is 4. The summed E-state index contributed by atoms with van der Waals surface area (Å²) >= 11 is 2.13. The minimum atomic E-state index is -1.10. The predicted molar refractivity (Wildman–Crippen MR) is 135 cm³/mol. The van der Waals surface area contributed by atoms with Crippen LogP contribution < -0.4 is 10.6 Å². The summed E-state index contributed by atoms with van der Waals surface area (Å²) in [5.74, 6) is -1.67. The summed E-state index contributed by atoms with van der Waals surface area (Å²) in [5, 5.41) is 5.30. The summed E-state index contributed by atoms with van der Waals surface area (Å²) in [6.07, 6.45) is -0.203. The lowest BCUT2D eigenvalue weighted by Gasteiger charge is -2.26. The van der Waals surface area contributed by atoms with Gasteiger partial charge in [-0.15, -0.1) is 0 Å². The van der Waals surface area contributed by atoms with E-state index in [2.05, 4.69) is 33.2 Å². The van der Waals surface area contributed by atoms with Crippen LogP contribution in [0.15, 0.2) is 24.3 Å². The predicted octanol–water partition coefficient (Wildman–Crippen LogP) is 4.03. The number of esters is 3. The number of rotatable bonds is 9. The van der Waals surface area contributed by atoms with E-state index in [4.69, 9.17) is 14.2 Å². The molecule has 0 aliphatic heterocycles. The second-order valence-corrected chi connectivity index (χ2v) is 11.0. The van der Waals surface area contributed by atoms with Crippen LogP contribution in [-0.2, 0) is 28.6 Å². The van der Waals surface area contributed by atoms with Crippen molar-refractivity contribution < 1.29 is 33.4 Å². The summed E-state index contributed by atoms with van der Waals surface area (Å²) in [4.78, 5) is 49.6. The van der Waals surface area contributed by atoms with E-state index in [9.17, 15) is 19.2 Å². The van der Waals surface area contributed by atoms with E-state index >= 15 is 0 Å². The Morgan fingerprint density at radius 1 is 0.941 bits per heavy atom. The molecule has 1 aromatic carbocycles. The molecule has 2 N–H and O–H groups in total. The molecule has 0 unspecified atom stereocenters. The fourth-order valence-corrected chi connectivity index (χ4v) is 3.43. The van der Waals surface area contributed by atoms with Gasteiger partial charge in [-0.25, -0.2) is 9.59 Å². The molecule has 1 rings (SSSR count). The number of benzene rings is 1. The SMILES string of the molecule is COC(=O)C[C@H](NC(=O)N[C@@H](CCC(=O)OC(C)(C)C)C(=O)OC(C)(C)C)c1cccc(I)c1. The highest BCUT2D eigenvalue weighted by Gasteiger charge is 2.29. The number of amides is 2. The molecule has 0 aliphatic rings. The molecule has 34 heavy (non-hydrogen) atoms. The quantitative estimate of drug-likeness (QED) is 0.253. The number of hydrogen-bond donors (Lipinski definition) is 2. The number of halogens is 1. The molecule has 1 aromatic rings. The Bertz CT molecular complexity index is 875. The average Bonchev–Trinajstić information content (AvgIpc) is 2.67. The summed E-state index contributed by atoms with van der Waals surface area (Å²) in [7, 11) is 1.27. The normalized spacial score (nSPS) is 13.3. The highest BCUT2D eigenvalue weighted by atomic mass is 127. The third kappa shape index (κ3) is 12.2. The first-order chi connectivity index (χ1) is 15.6. The first-order valence-corrected chi connectivity index (χ1v) is 12.0. The Hall–Kier alpha value is -2.37. The van der Waals surface area contributed by atoms with Crippen molar-refractivity contribution >= 4 is 46.5 Å². The van der Waals surface area contributed by atoms with E-state index in [1.54, 1.807) is 47.6 Å². The van der Waals surface area contributed by atoms with Crippen LogP contribution in [0.4, 0.5) is 4.79 Å². The molecule has 0 heterocycles. The largest absolute Gasteiger partial charge is 0.469 e. The molecule has 0 radical (unpaired) electrons. The van der Waals surface area contributed by atoms with Gasteiger partial charge in [0.05, 0.1) is 19.6 Å². The molecule has 190 valence electrons. The van der Waals surface area contributed by atoms with Gasteiger partial charge in [0.15, 0.2) is 0 Å². The number of ether oxygens (including phenoxy) is 3. The smallest absolute Gasteiger partial charge is 0.329 e. The molecule has 10 heteroatoms. The molecular weight excluding hydrogens is 555 g/mol. The fourth-order valence-electron chi connectivity index (χ4n) is 2.86. The first kappa shape index (κ1) is 29.7. The zero-order valence-electron chi connectivity index (χ0n) is 20.8. The van der Waals surface area contributed by atoms with E-state index in [-0.39, 0.29) is 19.3 Å². The summed E-state index contributed by atoms with van der Waals surface area (Å²) in [6.45, 7) is 10.4. The molecule has 0 saturated carbocycles. The molecule has 0 saturated heterocycles. The van der Waals surface area contributed by atoms with Crippen molar-refractivity contribution in [2.24, 2.45) is 0 Å². The lowest BCUT2D eigenvalue weighted by molar-refractivity contribution is -0.158. The van der Waals surface area contributed by atoms with Gasteiger partial charge < -0.3 is 24.8 Å². The zero-order valence-corrected chi connectivity index (χ0v) is 23.0. The number of urea groups is 1. The molecule has 2 atom stereocenters. The lowest BCUT2D eigenvalue weighted by Crippen LogP contribution is -2.49. The van der Waals surface area contributed by atoms with Gasteiger partial charge in [-0.1, -0.05) is 12.1 Å². The lowest BCUT2D eigenvalue weighted by atomic mass is 10.0. The van der Waals surface area contributed by atoms with Crippen LogP contribution in [0.1, 0.15) is 72.4 Å². The van der Waals surface area contributed by atoms with Crippen molar-refractivity contribution in [3.8, 4) is 0 Å². The van der Waals surface area contributed by atoms with Crippen LogP contribution >= 0.6 is 22.6 Å². The first-order valence-electron chi connectivity index (χ1n) is 10.9. The van der Waals surface area contributed by atoms with Gasteiger partial charge in [-0.3, -0.25) is 9.59 Å². The summed E-state index contributed by atoms with van der Waals surface area (Å²) in [6, 6.07) is 4.84.